The molecular formula is C31H46N2O6. The van der Waals surface area contributed by atoms with Crippen LogP contribution in [0.1, 0.15) is 95.5 Å². The molecule has 4 atom stereocenters. The van der Waals surface area contributed by atoms with Gasteiger partial charge in [0.1, 0.15) is 30.6 Å². The molecule has 2 saturated heterocycles. The van der Waals surface area contributed by atoms with Crippen LogP contribution in [-0.4, -0.2) is 65.6 Å². The Morgan fingerprint density at radius 2 is 1.69 bits per heavy atom. The Bertz CT molecular complexity index is 1060. The van der Waals surface area contributed by atoms with Gasteiger partial charge in [-0.05, 0) is 31.7 Å². The van der Waals surface area contributed by atoms with Crippen molar-refractivity contribution in [3.05, 3.63) is 42.2 Å². The lowest BCUT2D eigenvalue weighted by molar-refractivity contribution is -0.277. The van der Waals surface area contributed by atoms with Gasteiger partial charge in [-0.15, -0.1) is 0 Å². The number of ether oxygens (including phenoxy) is 4. The molecule has 8 heteroatoms. The van der Waals surface area contributed by atoms with Crippen molar-refractivity contribution in [2.45, 2.75) is 115 Å². The van der Waals surface area contributed by atoms with Crippen LogP contribution in [0.5, 0.6) is 0 Å². The molecule has 2 N–H and O–H groups in total. The first-order valence-corrected chi connectivity index (χ1v) is 14.8. The van der Waals surface area contributed by atoms with Gasteiger partial charge in [0, 0.05) is 24.7 Å². The summed E-state index contributed by atoms with van der Waals surface area (Å²) in [6.07, 6.45) is 11.9. The number of amides is 1. The Balaban J connectivity index is 1.23. The zero-order valence-electron chi connectivity index (χ0n) is 23.8. The minimum absolute atomic E-state index is 0.0920. The Kier molecular flexibility index (Phi) is 10.7. The number of carbonyl (C=O) groups is 1. The molecule has 4 rings (SSSR count). The molecule has 2 fully saturated rings. The van der Waals surface area contributed by atoms with Gasteiger partial charge in [-0.3, -0.25) is 9.78 Å². The van der Waals surface area contributed by atoms with Crippen LogP contribution in [0.4, 0.5) is 0 Å². The summed E-state index contributed by atoms with van der Waals surface area (Å²) in [6, 6.07) is 9.47. The van der Waals surface area contributed by atoms with Crippen molar-refractivity contribution in [2.24, 2.45) is 0 Å². The number of unbranched alkanes of at least 4 members (excludes halogenated alkanes) is 9. The zero-order chi connectivity index (χ0) is 27.7. The van der Waals surface area contributed by atoms with Crippen LogP contribution in [0.3, 0.4) is 0 Å². The number of nitrogens with one attached hydrogen (secondary N) is 1. The van der Waals surface area contributed by atoms with E-state index in [1.807, 2.05) is 30.3 Å². The maximum atomic E-state index is 13.0. The Hall–Kier alpha value is -2.10. The highest BCUT2D eigenvalue weighted by molar-refractivity contribution is 6.05. The molecule has 3 heterocycles. The predicted molar refractivity (Wildman–Crippen MR) is 150 cm³/mol. The first-order valence-electron chi connectivity index (χ1n) is 14.8. The van der Waals surface area contributed by atoms with Gasteiger partial charge in [0.25, 0.3) is 5.91 Å². The minimum Gasteiger partial charge on any atom is -0.387 e. The highest BCUT2D eigenvalue weighted by Gasteiger charge is 2.64. The van der Waals surface area contributed by atoms with E-state index in [2.05, 4.69) is 17.2 Å². The summed E-state index contributed by atoms with van der Waals surface area (Å²) >= 11 is 0. The fourth-order valence-corrected chi connectivity index (χ4v) is 5.63. The van der Waals surface area contributed by atoms with E-state index in [0.717, 1.165) is 23.6 Å². The van der Waals surface area contributed by atoms with Gasteiger partial charge in [0.15, 0.2) is 5.79 Å². The lowest BCUT2D eigenvalue weighted by Crippen LogP contribution is -2.45. The number of pyridine rings is 1. The molecular weight excluding hydrogens is 496 g/mol. The Labute approximate surface area is 232 Å². The molecule has 2 aliphatic heterocycles. The van der Waals surface area contributed by atoms with Gasteiger partial charge >= 0.3 is 0 Å². The second kappa shape index (κ2) is 14.0. The molecule has 1 aromatic heterocycles. The maximum absolute atomic E-state index is 13.0. The van der Waals surface area contributed by atoms with Crippen LogP contribution in [0.15, 0.2) is 36.5 Å². The number of rotatable bonds is 16. The second-order valence-corrected chi connectivity index (χ2v) is 11.3. The first-order chi connectivity index (χ1) is 18.9. The van der Waals surface area contributed by atoms with E-state index in [-0.39, 0.29) is 19.1 Å². The molecule has 1 aromatic carbocycles. The van der Waals surface area contributed by atoms with E-state index in [0.29, 0.717) is 12.3 Å². The van der Waals surface area contributed by atoms with Gasteiger partial charge < -0.3 is 29.4 Å². The van der Waals surface area contributed by atoms with Crippen molar-refractivity contribution in [1.29, 1.82) is 0 Å². The number of aliphatic hydroxyl groups excluding tert-OH is 1. The molecule has 0 spiro atoms. The van der Waals surface area contributed by atoms with Crippen molar-refractivity contribution in [2.75, 3.05) is 19.8 Å². The van der Waals surface area contributed by atoms with E-state index < -0.39 is 29.9 Å². The fraction of sp³-hybridized carbons (Fsp3) is 0.677. The third-order valence-corrected chi connectivity index (χ3v) is 7.60. The van der Waals surface area contributed by atoms with Crippen LogP contribution in [0, 0.1) is 0 Å². The number of aliphatic hydroxyl groups is 1. The monoisotopic (exact) mass is 542 g/mol. The standard InChI is InChI=1S/C31H46N2O6/c1-4-5-6-7-8-9-10-11-12-15-20-36-22-31-28(38-30(2,3)39-31)27(34)25(37-31)21-33-29(35)26-24-17-14-13-16-23(24)18-19-32-26/h13-14,16-19,25,27-28,34H,4-12,15,20-22H2,1-3H3,(H,33,35)/t25-,27+,28-,31-/m0/s1. The zero-order valence-corrected chi connectivity index (χ0v) is 23.8. The fourth-order valence-electron chi connectivity index (χ4n) is 5.63. The van der Waals surface area contributed by atoms with Gasteiger partial charge in [-0.25, -0.2) is 0 Å². The smallest absolute Gasteiger partial charge is 0.270 e. The number of hydrogen-bond acceptors (Lipinski definition) is 7. The molecule has 39 heavy (non-hydrogen) atoms. The highest BCUT2D eigenvalue weighted by atomic mass is 16.9. The van der Waals surface area contributed by atoms with Crippen LogP contribution < -0.4 is 5.32 Å². The van der Waals surface area contributed by atoms with Crippen molar-refractivity contribution >= 4 is 16.7 Å². The van der Waals surface area contributed by atoms with E-state index in [9.17, 15) is 9.90 Å². The summed E-state index contributed by atoms with van der Waals surface area (Å²) < 4.78 is 24.4. The number of hydrogen-bond donors (Lipinski definition) is 2. The molecule has 0 unspecified atom stereocenters. The summed E-state index contributed by atoms with van der Waals surface area (Å²) in [7, 11) is 0. The third kappa shape index (κ3) is 7.76. The molecule has 0 bridgehead atoms. The van der Waals surface area contributed by atoms with E-state index in [1.165, 1.54) is 51.4 Å². The average Bonchev–Trinajstić information content (AvgIpc) is 3.33. The van der Waals surface area contributed by atoms with Gasteiger partial charge in [-0.2, -0.15) is 0 Å². The van der Waals surface area contributed by atoms with Crippen molar-refractivity contribution < 1.29 is 28.8 Å². The summed E-state index contributed by atoms with van der Waals surface area (Å²) in [6.45, 7) is 6.70. The maximum Gasteiger partial charge on any atom is 0.270 e. The number of aromatic nitrogens is 1. The topological polar surface area (TPSA) is 99.1 Å². The largest absolute Gasteiger partial charge is 0.387 e. The summed E-state index contributed by atoms with van der Waals surface area (Å²) in [5.74, 6) is -2.45. The highest BCUT2D eigenvalue weighted by Crippen LogP contribution is 2.45. The van der Waals surface area contributed by atoms with E-state index in [1.54, 1.807) is 20.0 Å². The van der Waals surface area contributed by atoms with Crippen molar-refractivity contribution in [3.8, 4) is 0 Å². The Morgan fingerprint density at radius 1 is 1.00 bits per heavy atom. The molecule has 2 aromatic rings. The van der Waals surface area contributed by atoms with E-state index >= 15 is 0 Å². The average molecular weight is 543 g/mol. The molecule has 0 saturated carbocycles. The molecule has 2 aliphatic rings. The quantitative estimate of drug-likeness (QED) is 0.270. The van der Waals surface area contributed by atoms with Crippen LogP contribution in [0.25, 0.3) is 10.8 Å². The van der Waals surface area contributed by atoms with E-state index in [4.69, 9.17) is 18.9 Å². The Morgan fingerprint density at radius 3 is 2.44 bits per heavy atom. The molecule has 1 amide bonds. The van der Waals surface area contributed by atoms with Crippen LogP contribution in [0.2, 0.25) is 0 Å². The number of nitrogens with zero attached hydrogens (tertiary/aromatic N) is 1. The third-order valence-electron chi connectivity index (χ3n) is 7.60. The molecule has 0 radical (unpaired) electrons. The summed E-state index contributed by atoms with van der Waals surface area (Å²) in [5.41, 5.74) is 0.337. The lowest BCUT2D eigenvalue weighted by atomic mass is 10.1. The first kappa shape index (κ1) is 29.9. The van der Waals surface area contributed by atoms with Gasteiger partial charge in [-0.1, -0.05) is 89.0 Å². The summed E-state index contributed by atoms with van der Waals surface area (Å²) in [4.78, 5) is 17.2. The minimum atomic E-state index is -1.21. The van der Waals surface area contributed by atoms with Crippen molar-refractivity contribution in [1.82, 2.24) is 10.3 Å². The molecule has 216 valence electrons. The lowest BCUT2D eigenvalue weighted by Gasteiger charge is -2.28. The number of fused-ring (bicyclic) bond motifs is 2. The number of carbonyl (C=O) groups excluding carboxylic acids is 1. The van der Waals surface area contributed by atoms with Gasteiger partial charge in [0.05, 0.1) is 0 Å². The van der Waals surface area contributed by atoms with Crippen molar-refractivity contribution in [3.63, 3.8) is 0 Å². The second-order valence-electron chi connectivity index (χ2n) is 11.3. The molecule has 8 nitrogen and oxygen atoms in total. The van der Waals surface area contributed by atoms with Crippen LogP contribution in [-0.2, 0) is 18.9 Å². The number of benzene rings is 1. The van der Waals surface area contributed by atoms with Gasteiger partial charge in [0.2, 0.25) is 5.79 Å². The SMILES string of the molecule is CCCCCCCCCCCCOC[C@@]12O[C@@H](CNC(=O)c3nccc4ccccc34)[C@@H](O)[C@@H]1OC(C)(C)O2. The summed E-state index contributed by atoms with van der Waals surface area (Å²) in [5, 5.41) is 15.6. The normalized spacial score (nSPS) is 25.7. The molecule has 0 aliphatic carbocycles. The predicted octanol–water partition coefficient (Wildman–Crippen LogP) is 5.51. The van der Waals surface area contributed by atoms with Crippen LogP contribution >= 0.6 is 0 Å².